The fourth-order valence-electron chi connectivity index (χ4n) is 3.18. The average molecular weight is 331 g/mol. The minimum absolute atomic E-state index is 0.203. The third kappa shape index (κ3) is 2.98. The molecule has 1 atom stereocenters. The van der Waals surface area contributed by atoms with E-state index in [4.69, 9.17) is 5.73 Å². The molecule has 1 fully saturated rings. The topological polar surface area (TPSA) is 29.3 Å². The van der Waals surface area contributed by atoms with E-state index in [2.05, 4.69) is 47.1 Å². The van der Waals surface area contributed by atoms with E-state index >= 15 is 0 Å². The summed E-state index contributed by atoms with van der Waals surface area (Å²) in [6, 6.07) is 4.55. The minimum Gasteiger partial charge on any atom is -0.326 e. The van der Waals surface area contributed by atoms with Crippen LogP contribution in [0.4, 0.5) is 0 Å². The second-order valence-electron chi connectivity index (χ2n) is 5.58. The maximum absolute atomic E-state index is 6.58. The molecule has 1 aliphatic carbocycles. The maximum Gasteiger partial charge on any atom is 0.0701 e. The number of hydrogen-bond acceptors (Lipinski definition) is 3. The van der Waals surface area contributed by atoms with Crippen molar-refractivity contribution in [1.82, 2.24) is 4.90 Å². The van der Waals surface area contributed by atoms with Crippen LogP contribution in [0.25, 0.3) is 0 Å². The van der Waals surface area contributed by atoms with Crippen LogP contribution in [0.3, 0.4) is 0 Å². The van der Waals surface area contributed by atoms with Crippen LogP contribution >= 0.6 is 27.3 Å². The quantitative estimate of drug-likeness (QED) is 0.913. The zero-order valence-corrected chi connectivity index (χ0v) is 13.7. The molecule has 18 heavy (non-hydrogen) atoms. The van der Waals surface area contributed by atoms with Crippen molar-refractivity contribution in [2.75, 3.05) is 14.1 Å². The molecule has 1 aliphatic rings. The number of nitrogens with two attached hydrogens (primary N) is 1. The molecule has 4 heteroatoms. The highest BCUT2D eigenvalue weighted by molar-refractivity contribution is 9.11. The van der Waals surface area contributed by atoms with Crippen LogP contribution in [0.5, 0.6) is 0 Å². The Balaban J connectivity index is 2.10. The largest absolute Gasteiger partial charge is 0.326 e. The first kappa shape index (κ1) is 14.5. The summed E-state index contributed by atoms with van der Waals surface area (Å²) in [7, 11) is 4.38. The summed E-state index contributed by atoms with van der Waals surface area (Å²) in [5.74, 6) is 0. The Morgan fingerprint density at radius 3 is 2.50 bits per heavy atom. The lowest BCUT2D eigenvalue weighted by molar-refractivity contribution is 0.0718. The predicted molar refractivity (Wildman–Crippen MR) is 83.2 cm³/mol. The zero-order chi connectivity index (χ0) is 13.2. The summed E-state index contributed by atoms with van der Waals surface area (Å²) in [5.41, 5.74) is 6.78. The molecule has 0 saturated heterocycles. The van der Waals surface area contributed by atoms with E-state index in [1.165, 1.54) is 40.8 Å². The highest BCUT2D eigenvalue weighted by atomic mass is 79.9. The number of rotatable bonds is 4. The van der Waals surface area contributed by atoms with Gasteiger partial charge in [0.2, 0.25) is 0 Å². The van der Waals surface area contributed by atoms with Gasteiger partial charge in [-0.15, -0.1) is 11.3 Å². The zero-order valence-electron chi connectivity index (χ0n) is 11.3. The Morgan fingerprint density at radius 2 is 2.00 bits per heavy atom. The molecule has 2 N–H and O–H groups in total. The third-order valence-corrected chi connectivity index (χ3v) is 6.00. The molecule has 0 aliphatic heterocycles. The molecular formula is C14H23BrN2S. The van der Waals surface area contributed by atoms with Gasteiger partial charge in [0, 0.05) is 16.5 Å². The van der Waals surface area contributed by atoms with Crippen molar-refractivity contribution in [2.24, 2.45) is 5.73 Å². The first-order valence-electron chi connectivity index (χ1n) is 6.72. The van der Waals surface area contributed by atoms with Gasteiger partial charge in [-0.3, -0.25) is 0 Å². The molecule has 0 amide bonds. The van der Waals surface area contributed by atoms with Crippen molar-refractivity contribution < 1.29 is 0 Å². The fraction of sp³-hybridized carbons (Fsp3) is 0.714. The molecule has 0 aromatic carbocycles. The van der Waals surface area contributed by atoms with Crippen molar-refractivity contribution in [1.29, 1.82) is 0 Å². The third-order valence-electron chi connectivity index (χ3n) is 4.35. The van der Waals surface area contributed by atoms with Crippen molar-refractivity contribution in [2.45, 2.75) is 50.1 Å². The highest BCUT2D eigenvalue weighted by Crippen LogP contribution is 2.36. The van der Waals surface area contributed by atoms with Gasteiger partial charge >= 0.3 is 0 Å². The molecule has 2 nitrogen and oxygen atoms in total. The molecule has 0 spiro atoms. The molecule has 0 radical (unpaired) electrons. The maximum atomic E-state index is 6.58. The van der Waals surface area contributed by atoms with Gasteiger partial charge in [0.1, 0.15) is 0 Å². The van der Waals surface area contributed by atoms with Gasteiger partial charge in [0.15, 0.2) is 0 Å². The lowest BCUT2D eigenvalue weighted by Crippen LogP contribution is -2.59. The number of nitrogens with zero attached hydrogens (tertiary/aromatic N) is 1. The minimum atomic E-state index is 0.203. The number of hydrogen-bond donors (Lipinski definition) is 1. The van der Waals surface area contributed by atoms with Gasteiger partial charge in [0.25, 0.3) is 0 Å². The van der Waals surface area contributed by atoms with Crippen LogP contribution in [-0.2, 0) is 6.42 Å². The van der Waals surface area contributed by atoms with E-state index in [-0.39, 0.29) is 11.6 Å². The highest BCUT2D eigenvalue weighted by Gasteiger charge is 2.39. The Hall–Kier alpha value is 0.1000. The second kappa shape index (κ2) is 6.04. The standard InChI is InChI=1S/C14H23BrN2S/c1-17(2)14(8-4-3-5-9-14)12(16)10-11-6-7-13(15)18-11/h6-7,12H,3-5,8-10,16H2,1-2H3. The van der Waals surface area contributed by atoms with Gasteiger partial charge in [-0.2, -0.15) is 0 Å². The Bertz CT molecular complexity index is 383. The first-order valence-corrected chi connectivity index (χ1v) is 8.33. The number of thiophene rings is 1. The predicted octanol–water partition coefficient (Wildman–Crippen LogP) is 3.64. The van der Waals surface area contributed by atoms with Crippen LogP contribution in [0, 0.1) is 0 Å². The molecule has 1 unspecified atom stereocenters. The summed E-state index contributed by atoms with van der Waals surface area (Å²) in [5, 5.41) is 0. The van der Waals surface area contributed by atoms with E-state index in [0.29, 0.717) is 0 Å². The van der Waals surface area contributed by atoms with E-state index in [9.17, 15) is 0 Å². The second-order valence-corrected chi connectivity index (χ2v) is 8.12. The van der Waals surface area contributed by atoms with Gasteiger partial charge in [0.05, 0.1) is 3.79 Å². The Kier molecular flexibility index (Phi) is 4.86. The number of halogens is 1. The lowest BCUT2D eigenvalue weighted by atomic mass is 9.74. The summed E-state index contributed by atoms with van der Waals surface area (Å²) in [6.45, 7) is 0. The average Bonchev–Trinajstić information content (AvgIpc) is 2.75. The van der Waals surface area contributed by atoms with Gasteiger partial charge in [-0.25, -0.2) is 0 Å². The SMILES string of the molecule is CN(C)C1(C(N)Cc2ccc(Br)s2)CCCCC1. The molecule has 1 heterocycles. The normalized spacial score (nSPS) is 21.2. The van der Waals surface area contributed by atoms with Crippen molar-refractivity contribution in [3.05, 3.63) is 20.8 Å². The van der Waals surface area contributed by atoms with Gasteiger partial charge < -0.3 is 10.6 Å². The monoisotopic (exact) mass is 330 g/mol. The van der Waals surface area contributed by atoms with E-state index in [0.717, 1.165) is 6.42 Å². The summed E-state index contributed by atoms with van der Waals surface area (Å²) >= 11 is 5.34. The van der Waals surface area contributed by atoms with Gasteiger partial charge in [-0.1, -0.05) is 19.3 Å². The molecule has 1 aromatic heterocycles. The smallest absolute Gasteiger partial charge is 0.0701 e. The lowest BCUT2D eigenvalue weighted by Gasteiger charge is -2.47. The van der Waals surface area contributed by atoms with E-state index in [1.807, 2.05) is 11.3 Å². The van der Waals surface area contributed by atoms with Crippen LogP contribution in [0.15, 0.2) is 15.9 Å². The van der Waals surface area contributed by atoms with Crippen molar-refractivity contribution in [3.8, 4) is 0 Å². The van der Waals surface area contributed by atoms with Crippen molar-refractivity contribution in [3.63, 3.8) is 0 Å². The summed E-state index contributed by atoms with van der Waals surface area (Å²) in [4.78, 5) is 3.76. The van der Waals surface area contributed by atoms with Crippen LogP contribution < -0.4 is 5.73 Å². The van der Waals surface area contributed by atoms with E-state index < -0.39 is 0 Å². The molecule has 0 bridgehead atoms. The van der Waals surface area contributed by atoms with Crippen LogP contribution in [-0.4, -0.2) is 30.6 Å². The molecule has 1 aromatic rings. The van der Waals surface area contributed by atoms with E-state index in [1.54, 1.807) is 0 Å². The molecule has 1 saturated carbocycles. The number of likely N-dealkylation sites (N-methyl/N-ethyl adjacent to an activating group) is 1. The van der Waals surface area contributed by atoms with Crippen molar-refractivity contribution >= 4 is 27.3 Å². The van der Waals surface area contributed by atoms with Crippen LogP contribution in [0.2, 0.25) is 0 Å². The Labute approximate surface area is 123 Å². The summed E-state index contributed by atoms with van der Waals surface area (Å²) < 4.78 is 1.20. The molecule has 2 rings (SSSR count). The van der Waals surface area contributed by atoms with Gasteiger partial charge in [-0.05, 0) is 61.4 Å². The fourth-order valence-corrected chi connectivity index (χ4v) is 4.72. The molecule has 102 valence electrons. The first-order chi connectivity index (χ1) is 8.54. The Morgan fingerprint density at radius 1 is 1.33 bits per heavy atom. The van der Waals surface area contributed by atoms with Crippen LogP contribution in [0.1, 0.15) is 37.0 Å². The molecular weight excluding hydrogens is 308 g/mol. The summed E-state index contributed by atoms with van der Waals surface area (Å²) in [6.07, 6.45) is 7.49.